The van der Waals surface area contributed by atoms with Crippen molar-refractivity contribution in [2.45, 2.75) is 0 Å². The Morgan fingerprint density at radius 2 is 1.85 bits per heavy atom. The second-order valence-corrected chi connectivity index (χ2v) is 5.22. The first-order valence-corrected chi connectivity index (χ1v) is 6.88. The summed E-state index contributed by atoms with van der Waals surface area (Å²) < 4.78 is 6.18. The second-order valence-electron chi connectivity index (χ2n) is 4.04. The maximum atomic E-state index is 9.73. The molecule has 0 saturated heterocycles. The standard InChI is InChI=1S/C14H8BrClN2O2/c15-14-13-10(11(19)7-17-14)5-6-12(18-13)20-9-3-1-8(16)2-4-9/h1-7,19H. The van der Waals surface area contributed by atoms with E-state index < -0.39 is 0 Å². The lowest BCUT2D eigenvalue weighted by atomic mass is 10.2. The van der Waals surface area contributed by atoms with Crippen molar-refractivity contribution in [3.05, 3.63) is 52.2 Å². The summed E-state index contributed by atoms with van der Waals surface area (Å²) in [5, 5.41) is 11.0. The molecule has 0 radical (unpaired) electrons. The van der Waals surface area contributed by atoms with Gasteiger partial charge < -0.3 is 9.84 Å². The Morgan fingerprint density at radius 1 is 1.10 bits per heavy atom. The van der Waals surface area contributed by atoms with Crippen LogP contribution in [0.3, 0.4) is 0 Å². The molecule has 0 amide bonds. The average molecular weight is 352 g/mol. The van der Waals surface area contributed by atoms with Crippen molar-refractivity contribution in [1.82, 2.24) is 9.97 Å². The van der Waals surface area contributed by atoms with E-state index in [2.05, 4.69) is 25.9 Å². The molecule has 6 heteroatoms. The normalized spacial score (nSPS) is 10.7. The van der Waals surface area contributed by atoms with E-state index >= 15 is 0 Å². The van der Waals surface area contributed by atoms with Crippen molar-refractivity contribution in [1.29, 1.82) is 0 Å². The summed E-state index contributed by atoms with van der Waals surface area (Å²) in [5.41, 5.74) is 0.538. The highest BCUT2D eigenvalue weighted by atomic mass is 79.9. The number of ether oxygens (including phenoxy) is 1. The van der Waals surface area contributed by atoms with Crippen LogP contribution in [-0.2, 0) is 0 Å². The molecule has 20 heavy (non-hydrogen) atoms. The molecule has 3 rings (SSSR count). The molecule has 4 nitrogen and oxygen atoms in total. The molecular weight excluding hydrogens is 344 g/mol. The molecule has 1 aromatic carbocycles. The second kappa shape index (κ2) is 5.26. The number of hydrogen-bond donors (Lipinski definition) is 1. The number of hydrogen-bond acceptors (Lipinski definition) is 4. The number of rotatable bonds is 2. The van der Waals surface area contributed by atoms with Gasteiger partial charge in [0.1, 0.15) is 21.6 Å². The van der Waals surface area contributed by atoms with E-state index in [-0.39, 0.29) is 5.75 Å². The van der Waals surface area contributed by atoms with Gasteiger partial charge in [-0.15, -0.1) is 0 Å². The zero-order valence-electron chi connectivity index (χ0n) is 10.0. The number of halogens is 2. The van der Waals surface area contributed by atoms with Gasteiger partial charge in [0.25, 0.3) is 0 Å². The van der Waals surface area contributed by atoms with E-state index in [1.165, 1.54) is 6.20 Å². The molecule has 0 fully saturated rings. The number of aromatic nitrogens is 2. The van der Waals surface area contributed by atoms with Gasteiger partial charge in [-0.2, -0.15) is 0 Å². The molecule has 2 heterocycles. The molecule has 0 spiro atoms. The topological polar surface area (TPSA) is 55.2 Å². The number of fused-ring (bicyclic) bond motifs is 1. The van der Waals surface area contributed by atoms with Crippen LogP contribution in [0, 0.1) is 0 Å². The third kappa shape index (κ3) is 2.55. The molecule has 0 unspecified atom stereocenters. The molecule has 0 saturated carbocycles. The summed E-state index contributed by atoms with van der Waals surface area (Å²) in [6, 6.07) is 10.4. The Balaban J connectivity index is 2.01. The lowest BCUT2D eigenvalue weighted by molar-refractivity contribution is 0.464. The van der Waals surface area contributed by atoms with Gasteiger partial charge in [-0.05, 0) is 46.3 Å². The summed E-state index contributed by atoms with van der Waals surface area (Å²) in [6.45, 7) is 0. The number of benzene rings is 1. The van der Waals surface area contributed by atoms with Gasteiger partial charge in [-0.3, -0.25) is 0 Å². The first-order chi connectivity index (χ1) is 9.63. The van der Waals surface area contributed by atoms with Crippen molar-refractivity contribution in [3.8, 4) is 17.4 Å². The quantitative estimate of drug-likeness (QED) is 0.689. The minimum absolute atomic E-state index is 0.0775. The Kier molecular flexibility index (Phi) is 3.46. The molecule has 100 valence electrons. The summed E-state index contributed by atoms with van der Waals surface area (Å²) in [5.74, 6) is 1.12. The van der Waals surface area contributed by atoms with Crippen molar-refractivity contribution >= 4 is 38.4 Å². The predicted octanol–water partition coefficient (Wildman–Crippen LogP) is 4.54. The summed E-state index contributed by atoms with van der Waals surface area (Å²) in [6.07, 6.45) is 1.37. The first kappa shape index (κ1) is 13.1. The highest BCUT2D eigenvalue weighted by molar-refractivity contribution is 9.10. The molecule has 0 aliphatic rings. The van der Waals surface area contributed by atoms with Crippen LogP contribution in [0.4, 0.5) is 0 Å². The molecular formula is C14H8BrClN2O2. The van der Waals surface area contributed by atoms with Crippen LogP contribution in [0.1, 0.15) is 0 Å². The highest BCUT2D eigenvalue weighted by Gasteiger charge is 2.08. The van der Waals surface area contributed by atoms with Crippen molar-refractivity contribution < 1.29 is 9.84 Å². The molecule has 0 atom stereocenters. The lowest BCUT2D eigenvalue weighted by Gasteiger charge is -2.07. The fourth-order valence-electron chi connectivity index (χ4n) is 1.73. The molecule has 0 aliphatic carbocycles. The fourth-order valence-corrected chi connectivity index (χ4v) is 2.26. The maximum Gasteiger partial charge on any atom is 0.219 e. The molecule has 3 aromatic rings. The maximum absolute atomic E-state index is 9.73. The zero-order chi connectivity index (χ0) is 14.1. The number of nitrogens with zero attached hydrogens (tertiary/aromatic N) is 2. The van der Waals surface area contributed by atoms with Gasteiger partial charge in [0.2, 0.25) is 5.88 Å². The summed E-state index contributed by atoms with van der Waals surface area (Å²) >= 11 is 9.12. The molecule has 1 N–H and O–H groups in total. The monoisotopic (exact) mass is 350 g/mol. The van der Waals surface area contributed by atoms with Gasteiger partial charge in [0, 0.05) is 16.5 Å². The fraction of sp³-hybridized carbons (Fsp3) is 0. The Morgan fingerprint density at radius 3 is 2.60 bits per heavy atom. The van der Waals surface area contributed by atoms with Gasteiger partial charge in [-0.25, -0.2) is 9.97 Å². The van der Waals surface area contributed by atoms with Gasteiger partial charge in [0.15, 0.2) is 0 Å². The molecule has 0 aliphatic heterocycles. The number of pyridine rings is 2. The van der Waals surface area contributed by atoms with E-state index in [0.717, 1.165) is 0 Å². The average Bonchev–Trinajstić information content (AvgIpc) is 2.46. The van der Waals surface area contributed by atoms with Crippen LogP contribution in [0.25, 0.3) is 10.9 Å². The highest BCUT2D eigenvalue weighted by Crippen LogP contribution is 2.30. The zero-order valence-corrected chi connectivity index (χ0v) is 12.4. The van der Waals surface area contributed by atoms with E-state index in [0.29, 0.717) is 32.2 Å². The van der Waals surface area contributed by atoms with Crippen LogP contribution in [0.2, 0.25) is 5.02 Å². The summed E-state index contributed by atoms with van der Waals surface area (Å²) in [7, 11) is 0. The minimum atomic E-state index is 0.0775. The van der Waals surface area contributed by atoms with Gasteiger partial charge >= 0.3 is 0 Å². The van der Waals surface area contributed by atoms with Gasteiger partial charge in [0.05, 0.1) is 6.20 Å². The van der Waals surface area contributed by atoms with Crippen molar-refractivity contribution in [2.75, 3.05) is 0 Å². The third-order valence-corrected chi connectivity index (χ3v) is 3.51. The van der Waals surface area contributed by atoms with Crippen molar-refractivity contribution in [3.63, 3.8) is 0 Å². The van der Waals surface area contributed by atoms with Crippen LogP contribution >= 0.6 is 27.5 Å². The Hall–Kier alpha value is -1.85. The van der Waals surface area contributed by atoms with Crippen LogP contribution < -0.4 is 4.74 Å². The number of aromatic hydroxyl groups is 1. The van der Waals surface area contributed by atoms with E-state index in [1.54, 1.807) is 36.4 Å². The lowest BCUT2D eigenvalue weighted by Crippen LogP contribution is -1.90. The first-order valence-electron chi connectivity index (χ1n) is 5.71. The van der Waals surface area contributed by atoms with E-state index in [4.69, 9.17) is 16.3 Å². The van der Waals surface area contributed by atoms with Crippen LogP contribution in [-0.4, -0.2) is 15.1 Å². The van der Waals surface area contributed by atoms with Gasteiger partial charge in [-0.1, -0.05) is 11.6 Å². The SMILES string of the molecule is Oc1cnc(Br)c2nc(Oc3ccc(Cl)cc3)ccc12. The molecule has 0 bridgehead atoms. The largest absolute Gasteiger partial charge is 0.506 e. The summed E-state index contributed by atoms with van der Waals surface area (Å²) in [4.78, 5) is 8.33. The van der Waals surface area contributed by atoms with Crippen molar-refractivity contribution in [2.24, 2.45) is 0 Å². The van der Waals surface area contributed by atoms with Crippen LogP contribution in [0.5, 0.6) is 17.4 Å². The smallest absolute Gasteiger partial charge is 0.219 e. The third-order valence-electron chi connectivity index (χ3n) is 2.68. The molecule has 2 aromatic heterocycles. The van der Waals surface area contributed by atoms with Crippen LogP contribution in [0.15, 0.2) is 47.2 Å². The predicted molar refractivity (Wildman–Crippen MR) is 80.4 cm³/mol. The van der Waals surface area contributed by atoms with E-state index in [1.807, 2.05) is 0 Å². The minimum Gasteiger partial charge on any atom is -0.506 e. The van der Waals surface area contributed by atoms with E-state index in [9.17, 15) is 5.11 Å². The Labute approximate surface area is 128 Å². The Bertz CT molecular complexity index is 778.